The summed E-state index contributed by atoms with van der Waals surface area (Å²) >= 11 is 23.0. The Balaban J connectivity index is 0.000000336. The third-order valence-corrected chi connectivity index (χ3v) is 12.9. The van der Waals surface area contributed by atoms with Crippen LogP contribution >= 0.6 is 46.4 Å². The number of carbonyl (C=O) groups excluding carboxylic acids is 1. The number of anilines is 2. The molecule has 0 radical (unpaired) electrons. The molecule has 27 heteroatoms. The van der Waals surface area contributed by atoms with Crippen LogP contribution in [0.4, 0.5) is 37.7 Å². The van der Waals surface area contributed by atoms with Gasteiger partial charge in [0, 0.05) is 33.2 Å². The maximum atomic E-state index is 13.5. The second-order valence-electron chi connectivity index (χ2n) is 12.6. The first-order valence-electron chi connectivity index (χ1n) is 17.0. The highest BCUT2D eigenvalue weighted by Crippen LogP contribution is 2.39. The monoisotopic (exact) mass is 1020 g/mol. The van der Waals surface area contributed by atoms with E-state index in [1.165, 1.54) is 24.3 Å². The molecule has 5 rings (SSSR count). The van der Waals surface area contributed by atoms with Crippen molar-refractivity contribution in [2.24, 2.45) is 0 Å². The summed E-state index contributed by atoms with van der Waals surface area (Å²) in [6.45, 7) is 1.21. The summed E-state index contributed by atoms with van der Waals surface area (Å²) < 4.78 is 148. The first-order valence-corrected chi connectivity index (χ1v) is 21.4. The van der Waals surface area contributed by atoms with Gasteiger partial charge in [0.2, 0.25) is 0 Å². The molecule has 63 heavy (non-hydrogen) atoms. The Morgan fingerprint density at radius 2 is 1.19 bits per heavy atom. The highest BCUT2D eigenvalue weighted by atomic mass is 35.5. The van der Waals surface area contributed by atoms with E-state index in [0.29, 0.717) is 20.7 Å². The molecule has 1 aliphatic rings. The van der Waals surface area contributed by atoms with E-state index in [1.54, 1.807) is 6.92 Å². The van der Waals surface area contributed by atoms with Gasteiger partial charge in [0.25, 0.3) is 26.0 Å². The number of pyridine rings is 2. The third kappa shape index (κ3) is 12.3. The van der Waals surface area contributed by atoms with Crippen molar-refractivity contribution in [3.63, 3.8) is 0 Å². The molecule has 0 saturated carbocycles. The van der Waals surface area contributed by atoms with Crippen LogP contribution in [0, 0.1) is 0 Å². The van der Waals surface area contributed by atoms with Crippen molar-refractivity contribution in [2.75, 3.05) is 56.1 Å². The van der Waals surface area contributed by atoms with Crippen LogP contribution in [0.5, 0.6) is 0 Å². The van der Waals surface area contributed by atoms with Gasteiger partial charge in [0.05, 0.1) is 71.6 Å². The first-order chi connectivity index (χ1) is 28.8. The Morgan fingerprint density at radius 1 is 0.778 bits per heavy atom. The van der Waals surface area contributed by atoms with Crippen LogP contribution in [-0.2, 0) is 46.6 Å². The lowest BCUT2D eigenvalue weighted by Gasteiger charge is -2.34. The predicted molar refractivity (Wildman–Crippen MR) is 219 cm³/mol. The number of halogens is 10. The Morgan fingerprint density at radius 3 is 1.57 bits per heavy atom. The number of ether oxygens (including phenoxy) is 3. The lowest BCUT2D eigenvalue weighted by Crippen LogP contribution is -2.48. The molecule has 1 saturated heterocycles. The highest BCUT2D eigenvalue weighted by molar-refractivity contribution is 7.93. The van der Waals surface area contributed by atoms with Crippen molar-refractivity contribution in [1.29, 1.82) is 0 Å². The molecule has 2 aromatic heterocycles. The number of nitrogens with zero attached hydrogens (tertiary/aromatic N) is 5. The molecule has 0 aliphatic carbocycles. The van der Waals surface area contributed by atoms with Gasteiger partial charge in [-0.3, -0.25) is 4.79 Å². The summed E-state index contributed by atoms with van der Waals surface area (Å²) in [5.41, 5.74) is -4.36. The number of rotatable bonds is 12. The number of carboxylic acids is 1. The van der Waals surface area contributed by atoms with Gasteiger partial charge in [-0.05, 0) is 55.5 Å². The molecule has 1 amide bonds. The lowest BCUT2D eigenvalue weighted by atomic mass is 10.2. The van der Waals surface area contributed by atoms with E-state index in [2.05, 4.69) is 9.97 Å². The van der Waals surface area contributed by atoms with Gasteiger partial charge < -0.3 is 24.2 Å². The van der Waals surface area contributed by atoms with Gasteiger partial charge in [-0.25, -0.2) is 40.2 Å². The Hall–Kier alpha value is -4.20. The number of methoxy groups -OCH3 is 2. The summed E-state index contributed by atoms with van der Waals surface area (Å²) in [7, 11) is -7.07. The van der Waals surface area contributed by atoms with E-state index < -0.39 is 100 Å². The summed E-state index contributed by atoms with van der Waals surface area (Å²) in [4.78, 5) is 32.3. The normalized spacial score (nSPS) is 14.6. The van der Waals surface area contributed by atoms with Crippen LogP contribution < -0.4 is 8.61 Å². The largest absolute Gasteiger partial charge is 0.476 e. The zero-order valence-corrected chi connectivity index (χ0v) is 36.5. The average Bonchev–Trinajstić information content (AvgIpc) is 3.18. The second kappa shape index (κ2) is 21.2. The Labute approximate surface area is 377 Å². The first kappa shape index (κ1) is 53.1. The molecule has 1 unspecified atom stereocenters. The lowest BCUT2D eigenvalue weighted by molar-refractivity contribution is -0.138. The molecule has 1 fully saturated rings. The number of benzene rings is 2. The van der Waals surface area contributed by atoms with Gasteiger partial charge >= 0.3 is 18.3 Å². The molecule has 15 nitrogen and oxygen atoms in total. The standard InChI is InChI=1S/C20H20Cl2F3N3O5S.C15H11Cl2F3N2O5S.CH4/c1-12-10-33-6-5-27(12)19(29)18-17(7-13(21)9-26-18)28(11-32-2)34(30,31)14-3-4-16(22)15(8-14)20(23,24)25;1-27-7-22(12-4-8(16)6-21-13(12)14(23)24)28(25,26)9-2-3-11(17)10(5-9)15(18,19)20;/h3-4,7-9,12H,5-6,10-11H2,1-2H3;2-6H,7H2,1H3,(H,23,24);1H4. The van der Waals surface area contributed by atoms with Crippen LogP contribution in [-0.4, -0.2) is 102 Å². The molecule has 0 spiro atoms. The van der Waals surface area contributed by atoms with Crippen molar-refractivity contribution in [3.8, 4) is 0 Å². The summed E-state index contributed by atoms with van der Waals surface area (Å²) in [6, 6.07) is 6.02. The van der Waals surface area contributed by atoms with E-state index in [0.717, 1.165) is 43.6 Å². The third-order valence-electron chi connectivity index (χ3n) is 8.39. The number of carboxylic acid groups (broad SMARTS) is 1. The second-order valence-corrected chi connectivity index (χ2v) is 18.0. The fraction of sp³-hybridized carbons (Fsp3) is 0.333. The van der Waals surface area contributed by atoms with Crippen molar-refractivity contribution < 1.29 is 72.1 Å². The van der Waals surface area contributed by atoms with Gasteiger partial charge in [0.15, 0.2) is 11.4 Å². The molecule has 0 bridgehead atoms. The minimum atomic E-state index is -4.90. The smallest absolute Gasteiger partial charge is 0.417 e. The summed E-state index contributed by atoms with van der Waals surface area (Å²) in [5, 5.41) is 7.82. The summed E-state index contributed by atoms with van der Waals surface area (Å²) in [5.74, 6) is -2.17. The topological polar surface area (TPSA) is 186 Å². The van der Waals surface area contributed by atoms with Gasteiger partial charge in [-0.15, -0.1) is 0 Å². The van der Waals surface area contributed by atoms with Crippen molar-refractivity contribution >= 4 is 89.7 Å². The maximum absolute atomic E-state index is 13.5. The minimum absolute atomic E-state index is 0. The van der Waals surface area contributed by atoms with Crippen LogP contribution in [0.25, 0.3) is 0 Å². The zero-order chi connectivity index (χ0) is 46.5. The number of aromatic nitrogens is 2. The van der Waals surface area contributed by atoms with Crippen LogP contribution in [0.15, 0.2) is 70.7 Å². The number of hydrogen-bond acceptors (Lipinski definition) is 11. The van der Waals surface area contributed by atoms with E-state index in [9.17, 15) is 57.9 Å². The Kier molecular flexibility index (Phi) is 17.9. The zero-order valence-electron chi connectivity index (χ0n) is 31.8. The molecule has 4 aromatic rings. The van der Waals surface area contributed by atoms with Crippen LogP contribution in [0.2, 0.25) is 20.1 Å². The molecule has 3 heterocycles. The molecule has 1 N–H and O–H groups in total. The van der Waals surface area contributed by atoms with Gasteiger partial charge in [0.1, 0.15) is 13.5 Å². The van der Waals surface area contributed by atoms with Crippen LogP contribution in [0.3, 0.4) is 0 Å². The average molecular weight is 1020 g/mol. The van der Waals surface area contributed by atoms with E-state index in [-0.39, 0.29) is 54.7 Å². The number of morpholine rings is 1. The highest BCUT2D eigenvalue weighted by Gasteiger charge is 2.39. The number of amides is 1. The van der Waals surface area contributed by atoms with Crippen molar-refractivity contribution in [3.05, 3.63) is 104 Å². The van der Waals surface area contributed by atoms with Crippen molar-refractivity contribution in [1.82, 2.24) is 14.9 Å². The molecule has 1 atom stereocenters. The number of aromatic carboxylic acids is 1. The SMILES string of the molecule is C.COCN(c1cc(Cl)cnc1C(=O)N1CCOCC1C)S(=O)(=O)c1ccc(Cl)c(C(F)(F)F)c1.COCN(c1cc(Cl)cnc1C(=O)O)S(=O)(=O)c1ccc(Cl)c(C(F)(F)F)c1. The van der Waals surface area contributed by atoms with E-state index >= 15 is 0 Å². The number of hydrogen-bond donors (Lipinski definition) is 1. The van der Waals surface area contributed by atoms with E-state index in [4.69, 9.17) is 60.6 Å². The quantitative estimate of drug-likeness (QED) is 0.105. The molecule has 1 aliphatic heterocycles. The van der Waals surface area contributed by atoms with Gasteiger partial charge in [-0.2, -0.15) is 26.3 Å². The molecular weight excluding hydrogens is 982 g/mol. The molecular formula is C36H35Cl4F6N5O10S2. The van der Waals surface area contributed by atoms with E-state index in [1.807, 2.05) is 0 Å². The Bertz CT molecular complexity index is 2540. The molecule has 346 valence electrons. The minimum Gasteiger partial charge on any atom is -0.476 e. The van der Waals surface area contributed by atoms with Crippen molar-refractivity contribution in [2.45, 2.75) is 42.5 Å². The summed E-state index contributed by atoms with van der Waals surface area (Å²) in [6.07, 6.45) is -7.64. The fourth-order valence-electron chi connectivity index (χ4n) is 5.52. The van der Waals surface area contributed by atoms with Gasteiger partial charge in [-0.1, -0.05) is 53.8 Å². The maximum Gasteiger partial charge on any atom is 0.417 e. The molecule has 2 aromatic carbocycles. The fourth-order valence-corrected chi connectivity index (χ4v) is 9.08. The number of carbonyl (C=O) groups is 2. The van der Waals surface area contributed by atoms with Crippen LogP contribution in [0.1, 0.15) is 46.5 Å². The number of sulfonamides is 2. The predicted octanol–water partition coefficient (Wildman–Crippen LogP) is 8.61. The number of alkyl halides is 6.